The van der Waals surface area contributed by atoms with E-state index in [0.29, 0.717) is 18.4 Å². The lowest BCUT2D eigenvalue weighted by Gasteiger charge is -2.15. The fourth-order valence-electron chi connectivity index (χ4n) is 2.15. The number of hydrogen-bond acceptors (Lipinski definition) is 4. The molecule has 1 aliphatic heterocycles. The van der Waals surface area contributed by atoms with Crippen LogP contribution >= 0.6 is 0 Å². The predicted molar refractivity (Wildman–Crippen MR) is 67.2 cm³/mol. The second-order valence-electron chi connectivity index (χ2n) is 4.51. The van der Waals surface area contributed by atoms with E-state index in [-0.39, 0.29) is 0 Å². The summed E-state index contributed by atoms with van der Waals surface area (Å²) in [5, 5.41) is 3.41. The van der Waals surface area contributed by atoms with Crippen LogP contribution < -0.4 is 10.1 Å². The van der Waals surface area contributed by atoms with E-state index in [1.54, 1.807) is 6.20 Å². The highest BCUT2D eigenvalue weighted by molar-refractivity contribution is 5.09. The molecule has 5 nitrogen and oxygen atoms in total. The van der Waals surface area contributed by atoms with Crippen molar-refractivity contribution in [3.8, 4) is 5.88 Å². The number of pyridine rings is 1. The quantitative estimate of drug-likeness (QED) is 0.877. The maximum atomic E-state index is 5.71. The largest absolute Gasteiger partial charge is 0.477 e. The van der Waals surface area contributed by atoms with Gasteiger partial charge in [-0.25, -0.2) is 9.97 Å². The monoisotopic (exact) mass is 244 g/mol. The normalized spacial score (nSPS) is 19.0. The van der Waals surface area contributed by atoms with Gasteiger partial charge in [0.25, 0.3) is 0 Å². The molecule has 0 aliphatic carbocycles. The average molecular weight is 244 g/mol. The van der Waals surface area contributed by atoms with Crippen LogP contribution in [0.25, 0.3) is 0 Å². The molecule has 1 aliphatic rings. The topological polar surface area (TPSA) is 52.0 Å². The third-order valence-electron chi connectivity index (χ3n) is 3.10. The standard InChI is InChI=1S/C13H16N4O/c1-2-4-16-13(3-1)18-9-11-5-14-6-12-7-15-10-17(12)8-11/h1-4,7,10-11,14H,5-6,8-9H2/t11-/m0/s1. The average Bonchev–Trinajstić information content (AvgIpc) is 2.76. The van der Waals surface area contributed by atoms with Gasteiger partial charge in [0.2, 0.25) is 5.88 Å². The molecule has 94 valence electrons. The van der Waals surface area contributed by atoms with Crippen molar-refractivity contribution in [3.63, 3.8) is 0 Å². The number of aromatic nitrogens is 3. The van der Waals surface area contributed by atoms with E-state index >= 15 is 0 Å². The van der Waals surface area contributed by atoms with Gasteiger partial charge in [0.05, 0.1) is 18.6 Å². The highest BCUT2D eigenvalue weighted by Crippen LogP contribution is 2.12. The van der Waals surface area contributed by atoms with Gasteiger partial charge in [-0.05, 0) is 6.07 Å². The molecule has 0 saturated carbocycles. The highest BCUT2D eigenvalue weighted by atomic mass is 16.5. The summed E-state index contributed by atoms with van der Waals surface area (Å²) in [6.07, 6.45) is 5.54. The summed E-state index contributed by atoms with van der Waals surface area (Å²) in [6.45, 7) is 3.44. The van der Waals surface area contributed by atoms with Crippen LogP contribution in [-0.2, 0) is 13.1 Å². The molecule has 2 aromatic heterocycles. The molecule has 1 atom stereocenters. The molecule has 0 spiro atoms. The number of nitrogens with one attached hydrogen (secondary N) is 1. The zero-order chi connectivity index (χ0) is 12.2. The second kappa shape index (κ2) is 5.18. The molecule has 0 bridgehead atoms. The van der Waals surface area contributed by atoms with Crippen molar-refractivity contribution < 1.29 is 4.74 Å². The fourth-order valence-corrected chi connectivity index (χ4v) is 2.15. The Morgan fingerprint density at radius 3 is 3.33 bits per heavy atom. The number of hydrogen-bond donors (Lipinski definition) is 1. The summed E-state index contributed by atoms with van der Waals surface area (Å²) < 4.78 is 7.89. The predicted octanol–water partition coefficient (Wildman–Crippen LogP) is 1.08. The maximum absolute atomic E-state index is 5.71. The van der Waals surface area contributed by atoms with Gasteiger partial charge >= 0.3 is 0 Å². The van der Waals surface area contributed by atoms with Crippen LogP contribution in [0.1, 0.15) is 5.69 Å². The minimum absolute atomic E-state index is 0.433. The van der Waals surface area contributed by atoms with Crippen LogP contribution in [0.3, 0.4) is 0 Å². The van der Waals surface area contributed by atoms with E-state index in [1.807, 2.05) is 30.7 Å². The lowest BCUT2D eigenvalue weighted by atomic mass is 10.1. The van der Waals surface area contributed by atoms with Gasteiger partial charge in [-0.15, -0.1) is 0 Å². The lowest BCUT2D eigenvalue weighted by Crippen LogP contribution is -2.26. The van der Waals surface area contributed by atoms with Crippen LogP contribution in [0, 0.1) is 5.92 Å². The Morgan fingerprint density at radius 1 is 1.44 bits per heavy atom. The molecule has 5 heteroatoms. The van der Waals surface area contributed by atoms with E-state index in [1.165, 1.54) is 5.69 Å². The van der Waals surface area contributed by atoms with Crippen molar-refractivity contribution in [2.24, 2.45) is 5.92 Å². The van der Waals surface area contributed by atoms with E-state index in [2.05, 4.69) is 19.9 Å². The van der Waals surface area contributed by atoms with E-state index in [4.69, 9.17) is 4.74 Å². The highest BCUT2D eigenvalue weighted by Gasteiger charge is 2.16. The molecular weight excluding hydrogens is 228 g/mol. The summed E-state index contributed by atoms with van der Waals surface area (Å²) in [6, 6.07) is 5.70. The maximum Gasteiger partial charge on any atom is 0.213 e. The van der Waals surface area contributed by atoms with Gasteiger partial charge in [0.1, 0.15) is 0 Å². The van der Waals surface area contributed by atoms with Crippen molar-refractivity contribution >= 4 is 0 Å². The SMILES string of the molecule is c1ccc(OC[C@H]2CNCc3cncn3C2)nc1. The van der Waals surface area contributed by atoms with Gasteiger partial charge in [-0.3, -0.25) is 0 Å². The summed E-state index contributed by atoms with van der Waals surface area (Å²) >= 11 is 0. The van der Waals surface area contributed by atoms with E-state index in [9.17, 15) is 0 Å². The van der Waals surface area contributed by atoms with Crippen LogP contribution in [0.4, 0.5) is 0 Å². The van der Waals surface area contributed by atoms with Crippen molar-refractivity contribution in [1.29, 1.82) is 0 Å². The minimum atomic E-state index is 0.433. The zero-order valence-electron chi connectivity index (χ0n) is 10.1. The molecule has 0 unspecified atom stereocenters. The first-order valence-electron chi connectivity index (χ1n) is 6.15. The molecule has 0 aromatic carbocycles. The fraction of sp³-hybridized carbons (Fsp3) is 0.385. The molecular formula is C13H16N4O. The summed E-state index contributed by atoms with van der Waals surface area (Å²) in [4.78, 5) is 8.33. The molecule has 2 aromatic rings. The van der Waals surface area contributed by atoms with Gasteiger partial charge in [-0.2, -0.15) is 0 Å². The first kappa shape index (κ1) is 11.2. The summed E-state index contributed by atoms with van der Waals surface area (Å²) in [7, 11) is 0. The number of fused-ring (bicyclic) bond motifs is 1. The zero-order valence-corrected chi connectivity index (χ0v) is 10.1. The number of nitrogens with zero attached hydrogens (tertiary/aromatic N) is 3. The smallest absolute Gasteiger partial charge is 0.213 e. The molecule has 18 heavy (non-hydrogen) atoms. The Labute approximate surface area is 106 Å². The summed E-state index contributed by atoms with van der Waals surface area (Å²) in [5.74, 6) is 1.12. The van der Waals surface area contributed by atoms with Crippen molar-refractivity contribution in [2.75, 3.05) is 13.2 Å². The third-order valence-corrected chi connectivity index (χ3v) is 3.10. The van der Waals surface area contributed by atoms with Crippen molar-refractivity contribution in [2.45, 2.75) is 13.1 Å². The molecule has 3 rings (SSSR count). The van der Waals surface area contributed by atoms with Gasteiger partial charge in [0.15, 0.2) is 0 Å². The van der Waals surface area contributed by atoms with Gasteiger partial charge in [-0.1, -0.05) is 6.07 Å². The number of ether oxygens (including phenoxy) is 1. The molecule has 1 N–H and O–H groups in total. The Kier molecular flexibility index (Phi) is 3.23. The minimum Gasteiger partial charge on any atom is -0.477 e. The lowest BCUT2D eigenvalue weighted by molar-refractivity contribution is 0.225. The van der Waals surface area contributed by atoms with E-state index in [0.717, 1.165) is 19.6 Å². The Bertz CT molecular complexity index is 497. The molecule has 0 fully saturated rings. The molecule has 0 saturated heterocycles. The first-order valence-corrected chi connectivity index (χ1v) is 6.15. The Hall–Kier alpha value is -1.88. The van der Waals surface area contributed by atoms with Gasteiger partial charge < -0.3 is 14.6 Å². The van der Waals surface area contributed by atoms with Crippen LogP contribution in [0.2, 0.25) is 0 Å². The third kappa shape index (κ3) is 2.51. The van der Waals surface area contributed by atoms with E-state index < -0.39 is 0 Å². The van der Waals surface area contributed by atoms with Crippen molar-refractivity contribution in [3.05, 3.63) is 42.6 Å². The van der Waals surface area contributed by atoms with Gasteiger partial charge in [0, 0.05) is 44.0 Å². The molecule has 0 radical (unpaired) electrons. The van der Waals surface area contributed by atoms with Crippen LogP contribution in [0.5, 0.6) is 5.88 Å². The molecule has 3 heterocycles. The van der Waals surface area contributed by atoms with Crippen LogP contribution in [0.15, 0.2) is 36.9 Å². The first-order chi connectivity index (χ1) is 8.92. The number of imidazole rings is 1. The van der Waals surface area contributed by atoms with Crippen molar-refractivity contribution in [1.82, 2.24) is 19.9 Å². The number of rotatable bonds is 3. The summed E-state index contributed by atoms with van der Waals surface area (Å²) in [5.41, 5.74) is 1.23. The van der Waals surface area contributed by atoms with Crippen LogP contribution in [-0.4, -0.2) is 27.7 Å². The Morgan fingerprint density at radius 2 is 2.44 bits per heavy atom. The Balaban J connectivity index is 1.61. The second-order valence-corrected chi connectivity index (χ2v) is 4.51. The molecule has 0 amide bonds.